The zero-order valence-electron chi connectivity index (χ0n) is 8.86. The van der Waals surface area contributed by atoms with Crippen LogP contribution < -0.4 is 0 Å². The molecular weight excluding hydrogens is 265 g/mol. The Hall–Kier alpha value is -1.82. The van der Waals surface area contributed by atoms with Crippen molar-refractivity contribution in [3.63, 3.8) is 0 Å². The summed E-state index contributed by atoms with van der Waals surface area (Å²) in [5, 5.41) is 10.3. The smallest absolute Gasteiger partial charge is 0.425 e. The monoisotopic (exact) mass is 272 g/mol. The molecule has 6 heteroatoms. The lowest BCUT2D eigenvalue weighted by Crippen LogP contribution is -2.01. The molecule has 0 aliphatic rings. The molecule has 0 atom stereocenters. The first-order valence-corrected chi connectivity index (χ1v) is 5.76. The number of hydrogen-bond donors (Lipinski definition) is 1. The Bertz CT molecular complexity index is 587. The molecule has 1 aromatic heterocycles. The molecule has 2 rings (SSSR count). The van der Waals surface area contributed by atoms with Crippen LogP contribution in [-0.2, 0) is 6.18 Å². The van der Waals surface area contributed by atoms with Crippen molar-refractivity contribution in [3.8, 4) is 11.1 Å². The van der Waals surface area contributed by atoms with Crippen molar-refractivity contribution >= 4 is 17.3 Å². The van der Waals surface area contributed by atoms with Crippen LogP contribution in [-0.4, -0.2) is 11.1 Å². The molecule has 0 fully saturated rings. The lowest BCUT2D eigenvalue weighted by Gasteiger charge is -2.03. The van der Waals surface area contributed by atoms with Crippen LogP contribution in [0.1, 0.15) is 15.2 Å². The number of rotatable bonds is 2. The van der Waals surface area contributed by atoms with Crippen LogP contribution in [0.15, 0.2) is 35.7 Å². The summed E-state index contributed by atoms with van der Waals surface area (Å²) < 4.78 is 37.4. The second-order valence-electron chi connectivity index (χ2n) is 3.55. The van der Waals surface area contributed by atoms with Crippen LogP contribution >= 0.6 is 11.3 Å². The van der Waals surface area contributed by atoms with E-state index in [1.54, 1.807) is 6.07 Å². The number of thiophene rings is 1. The van der Waals surface area contributed by atoms with Gasteiger partial charge in [-0.05, 0) is 28.6 Å². The summed E-state index contributed by atoms with van der Waals surface area (Å²) in [7, 11) is 0. The van der Waals surface area contributed by atoms with Gasteiger partial charge in [0.05, 0.1) is 5.56 Å². The standard InChI is InChI=1S/C12H7F3O2S/c13-12(14,15)10-5-7(6-18-10)8-3-1-2-4-9(8)11(16)17/h1-6H,(H,16,17). The first-order valence-electron chi connectivity index (χ1n) is 4.88. The fourth-order valence-corrected chi connectivity index (χ4v) is 2.33. The van der Waals surface area contributed by atoms with E-state index in [4.69, 9.17) is 5.11 Å². The van der Waals surface area contributed by atoms with Crippen LogP contribution in [0.3, 0.4) is 0 Å². The second kappa shape index (κ2) is 4.45. The average molecular weight is 272 g/mol. The van der Waals surface area contributed by atoms with Gasteiger partial charge in [0, 0.05) is 0 Å². The Labute approximate surface area is 104 Å². The van der Waals surface area contributed by atoms with Crippen molar-refractivity contribution in [2.24, 2.45) is 0 Å². The highest BCUT2D eigenvalue weighted by Crippen LogP contribution is 2.37. The van der Waals surface area contributed by atoms with E-state index in [1.165, 1.54) is 23.6 Å². The topological polar surface area (TPSA) is 37.3 Å². The van der Waals surface area contributed by atoms with Crippen molar-refractivity contribution in [2.45, 2.75) is 6.18 Å². The first-order chi connectivity index (χ1) is 8.39. The van der Waals surface area contributed by atoms with Crippen molar-refractivity contribution in [1.82, 2.24) is 0 Å². The van der Waals surface area contributed by atoms with Gasteiger partial charge in [-0.15, -0.1) is 11.3 Å². The predicted octanol–water partition coefficient (Wildman–Crippen LogP) is 4.13. The number of carbonyl (C=O) groups is 1. The third-order valence-electron chi connectivity index (χ3n) is 2.35. The van der Waals surface area contributed by atoms with E-state index in [-0.39, 0.29) is 16.7 Å². The summed E-state index contributed by atoms with van der Waals surface area (Å²) in [5.41, 5.74) is 0.547. The number of halogens is 3. The van der Waals surface area contributed by atoms with E-state index in [0.29, 0.717) is 11.3 Å². The van der Waals surface area contributed by atoms with E-state index in [1.807, 2.05) is 0 Å². The van der Waals surface area contributed by atoms with Gasteiger partial charge in [0.25, 0.3) is 0 Å². The Morgan fingerprint density at radius 3 is 2.44 bits per heavy atom. The summed E-state index contributed by atoms with van der Waals surface area (Å²) in [6, 6.07) is 6.94. The second-order valence-corrected chi connectivity index (χ2v) is 4.46. The highest BCUT2D eigenvalue weighted by Gasteiger charge is 2.32. The Morgan fingerprint density at radius 2 is 1.89 bits per heavy atom. The Kier molecular flexibility index (Phi) is 3.13. The summed E-state index contributed by atoms with van der Waals surface area (Å²) in [4.78, 5) is 10.2. The van der Waals surface area contributed by atoms with Crippen LogP contribution in [0.2, 0.25) is 0 Å². The number of hydrogen-bond acceptors (Lipinski definition) is 2. The highest BCUT2D eigenvalue weighted by molar-refractivity contribution is 7.10. The number of carboxylic acids is 1. The van der Waals surface area contributed by atoms with Gasteiger partial charge >= 0.3 is 12.1 Å². The lowest BCUT2D eigenvalue weighted by molar-refractivity contribution is -0.134. The third kappa shape index (κ3) is 2.38. The summed E-state index contributed by atoms with van der Waals surface area (Å²) in [5.74, 6) is -1.16. The van der Waals surface area contributed by atoms with Gasteiger partial charge in [-0.1, -0.05) is 18.2 Å². The zero-order valence-corrected chi connectivity index (χ0v) is 9.68. The van der Waals surface area contributed by atoms with Gasteiger partial charge in [0.15, 0.2) is 0 Å². The summed E-state index contributed by atoms with van der Waals surface area (Å²) in [6.07, 6.45) is -4.40. The van der Waals surface area contributed by atoms with Crippen LogP contribution in [0.25, 0.3) is 11.1 Å². The maximum Gasteiger partial charge on any atom is 0.425 e. The molecule has 0 aliphatic carbocycles. The van der Waals surface area contributed by atoms with E-state index >= 15 is 0 Å². The molecule has 0 unspecified atom stereocenters. The molecule has 0 aliphatic heterocycles. The third-order valence-corrected chi connectivity index (χ3v) is 3.32. The SMILES string of the molecule is O=C(O)c1ccccc1-c1csc(C(F)(F)F)c1. The van der Waals surface area contributed by atoms with E-state index < -0.39 is 17.0 Å². The minimum absolute atomic E-state index is 0.0102. The molecular formula is C12H7F3O2S. The molecule has 0 saturated heterocycles. The summed E-state index contributed by atoms with van der Waals surface area (Å²) in [6.45, 7) is 0. The van der Waals surface area contributed by atoms with Crippen LogP contribution in [0.5, 0.6) is 0 Å². The van der Waals surface area contributed by atoms with Gasteiger partial charge in [0.1, 0.15) is 4.88 Å². The van der Waals surface area contributed by atoms with Crippen molar-refractivity contribution in [1.29, 1.82) is 0 Å². The molecule has 1 N–H and O–H groups in total. The minimum Gasteiger partial charge on any atom is -0.478 e. The van der Waals surface area contributed by atoms with Gasteiger partial charge in [-0.2, -0.15) is 13.2 Å². The van der Waals surface area contributed by atoms with Gasteiger partial charge in [-0.25, -0.2) is 4.79 Å². The molecule has 0 radical (unpaired) electrons. The number of aromatic carboxylic acids is 1. The predicted molar refractivity (Wildman–Crippen MR) is 61.7 cm³/mol. The van der Waals surface area contributed by atoms with Gasteiger partial charge in [0.2, 0.25) is 0 Å². The summed E-state index contributed by atoms with van der Waals surface area (Å²) >= 11 is 0.554. The molecule has 0 bridgehead atoms. The molecule has 0 amide bonds. The highest BCUT2D eigenvalue weighted by atomic mass is 32.1. The fourth-order valence-electron chi connectivity index (χ4n) is 1.55. The number of carboxylic acid groups (broad SMARTS) is 1. The molecule has 1 heterocycles. The molecule has 0 spiro atoms. The van der Waals surface area contributed by atoms with E-state index in [0.717, 1.165) is 6.07 Å². The van der Waals surface area contributed by atoms with Crippen LogP contribution in [0, 0.1) is 0 Å². The maximum absolute atomic E-state index is 12.5. The van der Waals surface area contributed by atoms with Crippen molar-refractivity contribution in [3.05, 3.63) is 46.2 Å². The van der Waals surface area contributed by atoms with Crippen molar-refractivity contribution in [2.75, 3.05) is 0 Å². The average Bonchev–Trinajstić information content (AvgIpc) is 2.77. The maximum atomic E-state index is 12.5. The van der Waals surface area contributed by atoms with Gasteiger partial charge < -0.3 is 5.11 Å². The zero-order chi connectivity index (χ0) is 13.3. The lowest BCUT2D eigenvalue weighted by atomic mass is 10.0. The van der Waals surface area contributed by atoms with E-state index in [9.17, 15) is 18.0 Å². The molecule has 18 heavy (non-hydrogen) atoms. The molecule has 94 valence electrons. The van der Waals surface area contributed by atoms with E-state index in [2.05, 4.69) is 0 Å². The number of alkyl halides is 3. The Balaban J connectivity index is 2.50. The largest absolute Gasteiger partial charge is 0.478 e. The molecule has 1 aromatic carbocycles. The molecule has 2 aromatic rings. The van der Waals surface area contributed by atoms with Crippen molar-refractivity contribution < 1.29 is 23.1 Å². The minimum atomic E-state index is -4.40. The molecule has 0 saturated carbocycles. The number of benzene rings is 1. The quantitative estimate of drug-likeness (QED) is 0.892. The first kappa shape index (κ1) is 12.6. The van der Waals surface area contributed by atoms with Crippen LogP contribution in [0.4, 0.5) is 13.2 Å². The normalized spacial score (nSPS) is 11.5. The molecule has 2 nitrogen and oxygen atoms in total. The Morgan fingerprint density at radius 1 is 1.22 bits per heavy atom. The van der Waals surface area contributed by atoms with Gasteiger partial charge in [-0.3, -0.25) is 0 Å². The fraction of sp³-hybridized carbons (Fsp3) is 0.0833.